The zero-order valence-electron chi connectivity index (χ0n) is 15.5. The fourth-order valence-electron chi connectivity index (χ4n) is 2.37. The number of ether oxygens (including phenoxy) is 1. The normalized spacial score (nSPS) is 12.0. The van der Waals surface area contributed by atoms with E-state index in [0.29, 0.717) is 11.8 Å². The first kappa shape index (κ1) is 21.7. The first-order chi connectivity index (χ1) is 13.0. The fourth-order valence-corrected chi connectivity index (χ4v) is 3.25. The first-order valence-electron chi connectivity index (χ1n) is 7.97. The van der Waals surface area contributed by atoms with Crippen LogP contribution in [-0.4, -0.2) is 39.2 Å². The summed E-state index contributed by atoms with van der Waals surface area (Å²) in [5, 5.41) is 5.30. The zero-order valence-corrected chi connectivity index (χ0v) is 16.3. The van der Waals surface area contributed by atoms with E-state index in [4.69, 9.17) is 4.74 Å². The van der Waals surface area contributed by atoms with Gasteiger partial charge in [0.1, 0.15) is 22.0 Å². The summed E-state index contributed by atoms with van der Waals surface area (Å²) in [7, 11) is -1.61. The summed E-state index contributed by atoms with van der Waals surface area (Å²) in [6, 6.07) is 2.68. The average Bonchev–Trinajstić information content (AvgIpc) is 2.61. The molecule has 0 aliphatic carbocycles. The Bertz CT molecular complexity index is 965. The molecule has 2 aromatic rings. The number of nitrogens with one attached hydrogen (secondary N) is 2. The van der Waals surface area contributed by atoms with Crippen LogP contribution in [0.2, 0.25) is 0 Å². The molecule has 12 heteroatoms. The summed E-state index contributed by atoms with van der Waals surface area (Å²) in [4.78, 5) is 7.46. The predicted molar refractivity (Wildman–Crippen MR) is 96.4 cm³/mol. The highest BCUT2D eigenvalue weighted by Crippen LogP contribution is 2.36. The molecule has 0 aliphatic heterocycles. The topological polar surface area (TPSA) is 102 Å². The lowest BCUT2D eigenvalue weighted by Gasteiger charge is -2.16. The van der Waals surface area contributed by atoms with E-state index in [1.807, 2.05) is 0 Å². The summed E-state index contributed by atoms with van der Waals surface area (Å²) < 4.78 is 72.8. The monoisotopic (exact) mass is 420 g/mol. The van der Waals surface area contributed by atoms with Crippen molar-refractivity contribution < 1.29 is 30.5 Å². The second-order valence-corrected chi connectivity index (χ2v) is 7.23. The lowest BCUT2D eigenvalue weighted by Crippen LogP contribution is -2.14. The number of rotatable bonds is 7. The van der Waals surface area contributed by atoms with E-state index in [9.17, 15) is 21.6 Å². The molecule has 8 nitrogen and oxygen atoms in total. The third-order valence-electron chi connectivity index (χ3n) is 3.67. The lowest BCUT2D eigenvalue weighted by molar-refractivity contribution is -0.137. The Labute approximate surface area is 160 Å². The molecule has 0 atom stereocenters. The standard InChI is InChI=1S/C16H19F3N4O4S/c1-5-20-14-10(16(17,18)19)8-21-15(23-14)22-11-6-9(2)13(7-12(11)26-3)28(24,25)27-4/h6-8H,5H2,1-4H3,(H2,20,21,22,23). The van der Waals surface area contributed by atoms with Gasteiger partial charge >= 0.3 is 6.18 Å². The number of hydrogen-bond donors (Lipinski definition) is 2. The van der Waals surface area contributed by atoms with Gasteiger partial charge in [0, 0.05) is 18.8 Å². The highest BCUT2D eigenvalue weighted by molar-refractivity contribution is 7.86. The number of aryl methyl sites for hydroxylation is 1. The Morgan fingerprint density at radius 1 is 1.21 bits per heavy atom. The number of methoxy groups -OCH3 is 1. The van der Waals surface area contributed by atoms with Gasteiger partial charge < -0.3 is 15.4 Å². The van der Waals surface area contributed by atoms with E-state index >= 15 is 0 Å². The van der Waals surface area contributed by atoms with Gasteiger partial charge in [0.25, 0.3) is 10.1 Å². The largest absolute Gasteiger partial charge is 0.495 e. The molecule has 0 bridgehead atoms. The molecule has 0 aliphatic rings. The van der Waals surface area contributed by atoms with Crippen LogP contribution >= 0.6 is 0 Å². The van der Waals surface area contributed by atoms with Crippen LogP contribution < -0.4 is 15.4 Å². The third-order valence-corrected chi connectivity index (χ3v) is 5.09. The average molecular weight is 420 g/mol. The number of nitrogens with zero attached hydrogens (tertiary/aromatic N) is 2. The van der Waals surface area contributed by atoms with Crippen molar-refractivity contribution in [1.29, 1.82) is 0 Å². The van der Waals surface area contributed by atoms with Crippen molar-refractivity contribution in [3.05, 3.63) is 29.5 Å². The smallest absolute Gasteiger partial charge is 0.421 e. The molecule has 0 spiro atoms. The minimum atomic E-state index is -4.61. The molecular formula is C16H19F3N4O4S. The van der Waals surface area contributed by atoms with E-state index < -0.39 is 21.9 Å². The number of benzene rings is 1. The maximum atomic E-state index is 13.1. The second-order valence-electron chi connectivity index (χ2n) is 5.55. The second kappa shape index (κ2) is 8.19. The van der Waals surface area contributed by atoms with E-state index in [1.54, 1.807) is 6.92 Å². The predicted octanol–water partition coefficient (Wildman–Crippen LogP) is 3.32. The number of anilines is 3. The van der Waals surface area contributed by atoms with Crippen LogP contribution in [0.4, 0.5) is 30.6 Å². The van der Waals surface area contributed by atoms with Crippen LogP contribution in [0.3, 0.4) is 0 Å². The van der Waals surface area contributed by atoms with Crippen LogP contribution in [-0.2, 0) is 20.5 Å². The quantitative estimate of drug-likeness (QED) is 0.658. The molecule has 1 aromatic heterocycles. The highest BCUT2D eigenvalue weighted by atomic mass is 32.2. The maximum absolute atomic E-state index is 13.1. The summed E-state index contributed by atoms with van der Waals surface area (Å²) in [6.45, 7) is 3.40. The Morgan fingerprint density at radius 2 is 1.89 bits per heavy atom. The molecule has 0 amide bonds. The van der Waals surface area contributed by atoms with Crippen LogP contribution in [0, 0.1) is 6.92 Å². The highest BCUT2D eigenvalue weighted by Gasteiger charge is 2.35. The molecular weight excluding hydrogens is 401 g/mol. The molecule has 0 saturated heterocycles. The molecule has 1 heterocycles. The summed E-state index contributed by atoms with van der Waals surface area (Å²) in [5.41, 5.74) is -0.384. The maximum Gasteiger partial charge on any atom is 0.421 e. The SMILES string of the molecule is CCNc1nc(Nc2cc(C)c(S(=O)(=O)OC)cc2OC)ncc1C(F)(F)F. The Balaban J connectivity index is 2.48. The number of aromatic nitrogens is 2. The Kier molecular flexibility index (Phi) is 6.34. The van der Waals surface area contributed by atoms with Crippen LogP contribution in [0.5, 0.6) is 5.75 Å². The number of alkyl halides is 3. The van der Waals surface area contributed by atoms with Crippen molar-refractivity contribution in [3.8, 4) is 5.75 Å². The van der Waals surface area contributed by atoms with Gasteiger partial charge in [-0.2, -0.15) is 26.6 Å². The molecule has 0 fully saturated rings. The number of halogens is 3. The summed E-state index contributed by atoms with van der Waals surface area (Å²) in [5.74, 6) is -0.375. The molecule has 0 saturated carbocycles. The summed E-state index contributed by atoms with van der Waals surface area (Å²) in [6.07, 6.45) is -3.95. The van der Waals surface area contributed by atoms with Gasteiger partial charge in [0.05, 0.1) is 19.9 Å². The number of hydrogen-bond acceptors (Lipinski definition) is 8. The van der Waals surface area contributed by atoms with Gasteiger partial charge in [-0.25, -0.2) is 4.98 Å². The molecule has 1 aromatic carbocycles. The van der Waals surface area contributed by atoms with Crippen LogP contribution in [0.25, 0.3) is 0 Å². The van der Waals surface area contributed by atoms with Gasteiger partial charge in [-0.1, -0.05) is 0 Å². The van der Waals surface area contributed by atoms with Crippen LogP contribution in [0.15, 0.2) is 23.2 Å². The molecule has 2 rings (SSSR count). The molecule has 0 radical (unpaired) electrons. The van der Waals surface area contributed by atoms with Crippen molar-refractivity contribution >= 4 is 27.6 Å². The van der Waals surface area contributed by atoms with Gasteiger partial charge in [-0.05, 0) is 25.5 Å². The fraction of sp³-hybridized carbons (Fsp3) is 0.375. The molecule has 0 unspecified atom stereocenters. The van der Waals surface area contributed by atoms with Crippen molar-refractivity contribution in [2.45, 2.75) is 24.9 Å². The van der Waals surface area contributed by atoms with Gasteiger partial charge in [-0.15, -0.1) is 0 Å². The van der Waals surface area contributed by atoms with E-state index in [2.05, 4.69) is 24.8 Å². The van der Waals surface area contributed by atoms with E-state index in [1.165, 1.54) is 26.2 Å². The molecule has 2 N–H and O–H groups in total. The third kappa shape index (κ3) is 4.62. The van der Waals surface area contributed by atoms with Gasteiger partial charge in [0.2, 0.25) is 5.95 Å². The van der Waals surface area contributed by atoms with E-state index in [-0.39, 0.29) is 34.6 Å². The van der Waals surface area contributed by atoms with Gasteiger partial charge in [0.15, 0.2) is 0 Å². The van der Waals surface area contributed by atoms with Crippen LogP contribution in [0.1, 0.15) is 18.1 Å². The van der Waals surface area contributed by atoms with E-state index in [0.717, 1.165) is 7.11 Å². The van der Waals surface area contributed by atoms with Crippen molar-refractivity contribution in [3.63, 3.8) is 0 Å². The first-order valence-corrected chi connectivity index (χ1v) is 9.38. The minimum absolute atomic E-state index is 0.0981. The Hall–Kier alpha value is -2.60. The van der Waals surface area contributed by atoms with Crippen molar-refractivity contribution in [2.75, 3.05) is 31.4 Å². The minimum Gasteiger partial charge on any atom is -0.495 e. The zero-order chi connectivity index (χ0) is 21.1. The molecule has 154 valence electrons. The lowest BCUT2D eigenvalue weighted by atomic mass is 10.2. The molecule has 28 heavy (non-hydrogen) atoms. The van der Waals surface area contributed by atoms with Gasteiger partial charge in [-0.3, -0.25) is 4.18 Å². The Morgan fingerprint density at radius 3 is 2.43 bits per heavy atom. The van der Waals surface area contributed by atoms with Crippen molar-refractivity contribution in [1.82, 2.24) is 9.97 Å². The van der Waals surface area contributed by atoms with Crippen molar-refractivity contribution in [2.24, 2.45) is 0 Å². The summed E-state index contributed by atoms with van der Waals surface area (Å²) >= 11 is 0.